The molecule has 1 fully saturated rings. The summed E-state index contributed by atoms with van der Waals surface area (Å²) in [6, 6.07) is 12.6. The first kappa shape index (κ1) is 21.0. The summed E-state index contributed by atoms with van der Waals surface area (Å²) >= 11 is 6.11. The number of halogens is 1. The third kappa shape index (κ3) is 3.88. The van der Waals surface area contributed by atoms with Crippen molar-refractivity contribution in [3.05, 3.63) is 86.6 Å². The summed E-state index contributed by atoms with van der Waals surface area (Å²) in [4.78, 5) is 48.9. The zero-order chi connectivity index (χ0) is 23.0. The van der Waals surface area contributed by atoms with E-state index < -0.39 is 22.8 Å². The van der Waals surface area contributed by atoms with E-state index in [0.717, 1.165) is 10.5 Å². The molecule has 32 heavy (non-hydrogen) atoms. The van der Waals surface area contributed by atoms with Crippen molar-refractivity contribution in [1.82, 2.24) is 5.32 Å². The van der Waals surface area contributed by atoms with Crippen LogP contribution in [0.4, 0.5) is 16.2 Å². The van der Waals surface area contributed by atoms with Crippen molar-refractivity contribution in [3.8, 4) is 11.3 Å². The Kier molecular flexibility index (Phi) is 5.33. The number of barbiturate groups is 1. The molecule has 0 saturated carbocycles. The standard InChI is InChI=1S/C22H14ClN3O6/c1-12-5-6-14(10-18(12)23)25-21(28)17(20(27)24-22(25)29)11-16-7-8-19(32-16)13-3-2-4-15(9-13)26(30)31/h2-11H,1H3,(H,24,27,29). The predicted octanol–water partition coefficient (Wildman–Crippen LogP) is 4.48. The van der Waals surface area contributed by atoms with Crippen molar-refractivity contribution in [2.24, 2.45) is 0 Å². The van der Waals surface area contributed by atoms with E-state index in [1.807, 2.05) is 0 Å². The number of nitro benzene ring substituents is 1. The number of carbonyl (C=O) groups is 3. The fourth-order valence-electron chi connectivity index (χ4n) is 3.11. The summed E-state index contributed by atoms with van der Waals surface area (Å²) < 4.78 is 5.65. The Morgan fingerprint density at radius 2 is 1.88 bits per heavy atom. The Morgan fingerprint density at radius 3 is 2.59 bits per heavy atom. The van der Waals surface area contributed by atoms with Crippen LogP contribution in [0.1, 0.15) is 11.3 Å². The monoisotopic (exact) mass is 451 g/mol. The van der Waals surface area contributed by atoms with Gasteiger partial charge in [-0.2, -0.15) is 0 Å². The molecule has 160 valence electrons. The molecule has 4 amide bonds. The largest absolute Gasteiger partial charge is 0.457 e. The van der Waals surface area contributed by atoms with Gasteiger partial charge in [-0.15, -0.1) is 0 Å². The van der Waals surface area contributed by atoms with Gasteiger partial charge in [0.1, 0.15) is 17.1 Å². The Morgan fingerprint density at radius 1 is 1.09 bits per heavy atom. The van der Waals surface area contributed by atoms with Crippen LogP contribution in [-0.4, -0.2) is 22.8 Å². The molecule has 1 aliphatic heterocycles. The third-order valence-corrected chi connectivity index (χ3v) is 5.18. The average Bonchev–Trinajstić information content (AvgIpc) is 3.22. The number of hydrogen-bond donors (Lipinski definition) is 1. The van der Waals surface area contributed by atoms with E-state index in [9.17, 15) is 24.5 Å². The number of amides is 4. The fraction of sp³-hybridized carbons (Fsp3) is 0.0455. The molecule has 10 heteroatoms. The molecule has 0 spiro atoms. The smallest absolute Gasteiger partial charge is 0.335 e. The van der Waals surface area contributed by atoms with E-state index in [1.165, 1.54) is 36.4 Å². The van der Waals surface area contributed by atoms with Gasteiger partial charge in [-0.05, 0) is 42.8 Å². The molecular formula is C22H14ClN3O6. The second-order valence-electron chi connectivity index (χ2n) is 6.90. The van der Waals surface area contributed by atoms with Crippen molar-refractivity contribution in [2.75, 3.05) is 4.90 Å². The number of imide groups is 2. The summed E-state index contributed by atoms with van der Waals surface area (Å²) in [5, 5.41) is 13.5. The van der Waals surface area contributed by atoms with E-state index in [4.69, 9.17) is 16.0 Å². The number of nitrogens with one attached hydrogen (secondary N) is 1. The van der Waals surface area contributed by atoms with Crippen LogP contribution in [0.2, 0.25) is 5.02 Å². The van der Waals surface area contributed by atoms with Crippen molar-refractivity contribution in [3.63, 3.8) is 0 Å². The number of non-ortho nitro benzene ring substituents is 1. The van der Waals surface area contributed by atoms with Gasteiger partial charge in [-0.25, -0.2) is 9.69 Å². The molecule has 1 aromatic heterocycles. The minimum atomic E-state index is -0.895. The molecule has 9 nitrogen and oxygen atoms in total. The summed E-state index contributed by atoms with van der Waals surface area (Å²) in [5.41, 5.74) is 0.997. The van der Waals surface area contributed by atoms with Crippen LogP contribution in [0.25, 0.3) is 17.4 Å². The Hall–Kier alpha value is -4.24. The van der Waals surface area contributed by atoms with Crippen LogP contribution in [0, 0.1) is 17.0 Å². The van der Waals surface area contributed by atoms with E-state index in [1.54, 1.807) is 31.2 Å². The van der Waals surface area contributed by atoms with E-state index >= 15 is 0 Å². The van der Waals surface area contributed by atoms with Gasteiger partial charge < -0.3 is 4.42 Å². The number of benzene rings is 2. The summed E-state index contributed by atoms with van der Waals surface area (Å²) in [6.07, 6.45) is 1.20. The van der Waals surface area contributed by atoms with Gasteiger partial charge in [0.15, 0.2) is 0 Å². The zero-order valence-corrected chi connectivity index (χ0v) is 17.3. The molecule has 0 radical (unpaired) electrons. The molecule has 0 bridgehead atoms. The maximum absolute atomic E-state index is 13.0. The molecule has 2 aromatic carbocycles. The lowest BCUT2D eigenvalue weighted by atomic mass is 10.1. The molecule has 0 unspecified atom stereocenters. The van der Waals surface area contributed by atoms with Crippen molar-refractivity contribution >= 4 is 46.9 Å². The first-order chi connectivity index (χ1) is 15.2. The van der Waals surface area contributed by atoms with Gasteiger partial charge in [0.2, 0.25) is 0 Å². The van der Waals surface area contributed by atoms with Crippen molar-refractivity contribution < 1.29 is 23.7 Å². The molecule has 1 N–H and O–H groups in total. The lowest BCUT2D eigenvalue weighted by Crippen LogP contribution is -2.54. The minimum absolute atomic E-state index is 0.105. The van der Waals surface area contributed by atoms with Crippen LogP contribution in [0.15, 0.2) is 64.6 Å². The highest BCUT2D eigenvalue weighted by Gasteiger charge is 2.37. The SMILES string of the molecule is Cc1ccc(N2C(=O)NC(=O)C(=Cc3ccc(-c4cccc([N+](=O)[O-])c4)o3)C2=O)cc1Cl. The molecular weight excluding hydrogens is 438 g/mol. The first-order valence-corrected chi connectivity index (χ1v) is 9.64. The molecule has 1 aliphatic rings. The number of nitrogens with zero attached hydrogens (tertiary/aromatic N) is 2. The second-order valence-corrected chi connectivity index (χ2v) is 7.31. The number of urea groups is 1. The maximum atomic E-state index is 13.0. The topological polar surface area (TPSA) is 123 Å². The fourth-order valence-corrected chi connectivity index (χ4v) is 3.29. The molecule has 2 heterocycles. The molecule has 4 rings (SSSR count). The lowest BCUT2D eigenvalue weighted by molar-refractivity contribution is -0.384. The number of furan rings is 1. The Bertz CT molecular complexity index is 1330. The summed E-state index contributed by atoms with van der Waals surface area (Å²) in [6.45, 7) is 1.77. The van der Waals surface area contributed by atoms with E-state index in [2.05, 4.69) is 5.32 Å². The maximum Gasteiger partial charge on any atom is 0.335 e. The van der Waals surface area contributed by atoms with E-state index in [0.29, 0.717) is 16.3 Å². The number of rotatable bonds is 4. The quantitative estimate of drug-likeness (QED) is 0.270. The van der Waals surface area contributed by atoms with Crippen LogP contribution in [0.3, 0.4) is 0 Å². The highest BCUT2D eigenvalue weighted by atomic mass is 35.5. The number of aryl methyl sites for hydroxylation is 1. The number of nitro groups is 1. The zero-order valence-electron chi connectivity index (χ0n) is 16.5. The molecule has 0 atom stereocenters. The van der Waals surface area contributed by atoms with Gasteiger partial charge in [0.25, 0.3) is 17.5 Å². The van der Waals surface area contributed by atoms with E-state index in [-0.39, 0.29) is 22.7 Å². The Balaban J connectivity index is 1.67. The van der Waals surface area contributed by atoms with Gasteiger partial charge in [-0.3, -0.25) is 25.0 Å². The minimum Gasteiger partial charge on any atom is -0.457 e. The molecule has 1 saturated heterocycles. The van der Waals surface area contributed by atoms with Crippen LogP contribution in [-0.2, 0) is 9.59 Å². The number of carbonyl (C=O) groups excluding carboxylic acids is 3. The lowest BCUT2D eigenvalue weighted by Gasteiger charge is -2.26. The highest BCUT2D eigenvalue weighted by molar-refractivity contribution is 6.39. The normalized spacial score (nSPS) is 15.2. The van der Waals surface area contributed by atoms with Crippen LogP contribution < -0.4 is 10.2 Å². The molecule has 3 aromatic rings. The van der Waals surface area contributed by atoms with Gasteiger partial charge in [0.05, 0.1) is 10.6 Å². The summed E-state index contributed by atoms with van der Waals surface area (Å²) in [7, 11) is 0. The van der Waals surface area contributed by atoms with Crippen LogP contribution >= 0.6 is 11.6 Å². The van der Waals surface area contributed by atoms with Gasteiger partial charge >= 0.3 is 6.03 Å². The Labute approximate surface area is 186 Å². The average molecular weight is 452 g/mol. The number of anilines is 1. The second kappa shape index (κ2) is 8.12. The number of hydrogen-bond acceptors (Lipinski definition) is 6. The summed E-state index contributed by atoms with van der Waals surface area (Å²) in [5.74, 6) is -1.25. The molecule has 0 aliphatic carbocycles. The van der Waals surface area contributed by atoms with Crippen molar-refractivity contribution in [2.45, 2.75) is 6.92 Å². The highest BCUT2D eigenvalue weighted by Crippen LogP contribution is 2.29. The third-order valence-electron chi connectivity index (χ3n) is 4.77. The first-order valence-electron chi connectivity index (χ1n) is 9.27. The van der Waals surface area contributed by atoms with Gasteiger partial charge in [0, 0.05) is 22.7 Å². The predicted molar refractivity (Wildman–Crippen MR) is 116 cm³/mol. The van der Waals surface area contributed by atoms with Crippen LogP contribution in [0.5, 0.6) is 0 Å². The van der Waals surface area contributed by atoms with Gasteiger partial charge in [-0.1, -0.05) is 29.8 Å². The van der Waals surface area contributed by atoms with Crippen molar-refractivity contribution in [1.29, 1.82) is 0 Å².